The zero-order valence-corrected chi connectivity index (χ0v) is 17.1. The number of anilines is 1. The molecule has 5 rings (SSSR count). The number of nitrogens with one attached hydrogen (secondary N) is 1. The SMILES string of the molecule is Cc1ccc(-[n+]2[nH]oc(=O)c2C2=NOC3C(=O)N(c4ccc(Br)cc4)C(=O)C23)cc1. The van der Waals surface area contributed by atoms with Crippen molar-refractivity contribution in [2.24, 2.45) is 11.1 Å². The van der Waals surface area contributed by atoms with Crippen molar-refractivity contribution in [3.05, 3.63) is 74.7 Å². The Bertz CT molecular complexity index is 1260. The summed E-state index contributed by atoms with van der Waals surface area (Å²) in [6.45, 7) is 1.94. The molecule has 3 aromatic rings. The number of rotatable bonds is 3. The minimum atomic E-state index is -1.13. The van der Waals surface area contributed by atoms with E-state index in [2.05, 4.69) is 26.4 Å². The fourth-order valence-corrected chi connectivity index (χ4v) is 3.85. The Labute approximate surface area is 177 Å². The molecule has 9 nitrogen and oxygen atoms in total. The maximum atomic E-state index is 13.2. The number of hydrogen-bond donors (Lipinski definition) is 1. The van der Waals surface area contributed by atoms with E-state index in [4.69, 9.17) is 9.36 Å². The zero-order chi connectivity index (χ0) is 21.0. The monoisotopic (exact) mass is 469 g/mol. The van der Waals surface area contributed by atoms with Crippen LogP contribution in [0.15, 0.2) is 67.5 Å². The number of aryl methyl sites for hydroxylation is 1. The number of aromatic amines is 1. The molecule has 0 spiro atoms. The molecule has 0 radical (unpaired) electrons. The van der Waals surface area contributed by atoms with Crippen molar-refractivity contribution in [2.75, 3.05) is 4.90 Å². The number of nitrogens with zero attached hydrogens (tertiary/aromatic N) is 3. The van der Waals surface area contributed by atoms with Crippen LogP contribution in [0.5, 0.6) is 0 Å². The molecule has 2 unspecified atom stereocenters. The van der Waals surface area contributed by atoms with E-state index >= 15 is 0 Å². The highest BCUT2D eigenvalue weighted by atomic mass is 79.9. The third-order valence-electron chi connectivity index (χ3n) is 5.08. The van der Waals surface area contributed by atoms with Gasteiger partial charge in [0.15, 0.2) is 5.71 Å². The van der Waals surface area contributed by atoms with E-state index in [0.29, 0.717) is 11.4 Å². The number of fused-ring (bicyclic) bond motifs is 1. The number of hydrogen-bond acceptors (Lipinski definition) is 6. The number of carbonyl (C=O) groups is 2. The number of benzene rings is 2. The van der Waals surface area contributed by atoms with Crippen molar-refractivity contribution in [3.63, 3.8) is 0 Å². The Hall–Kier alpha value is -3.53. The molecule has 2 aliphatic rings. The maximum Gasteiger partial charge on any atom is 0.437 e. The van der Waals surface area contributed by atoms with Gasteiger partial charge in [0.2, 0.25) is 17.7 Å². The van der Waals surface area contributed by atoms with Gasteiger partial charge in [-0.2, -0.15) is 0 Å². The summed E-state index contributed by atoms with van der Waals surface area (Å²) in [5.41, 5.74) is 1.39. The van der Waals surface area contributed by atoms with Crippen LogP contribution in [0.3, 0.4) is 0 Å². The first-order valence-corrected chi connectivity index (χ1v) is 9.83. The van der Waals surface area contributed by atoms with Crippen molar-refractivity contribution >= 4 is 39.1 Å². The van der Waals surface area contributed by atoms with E-state index in [9.17, 15) is 14.4 Å². The fourth-order valence-electron chi connectivity index (χ4n) is 3.59. The molecule has 0 saturated carbocycles. The Kier molecular flexibility index (Phi) is 4.17. The summed E-state index contributed by atoms with van der Waals surface area (Å²) >= 11 is 3.33. The van der Waals surface area contributed by atoms with Crippen LogP contribution in [0.4, 0.5) is 5.69 Å². The molecule has 30 heavy (non-hydrogen) atoms. The number of amides is 2. The normalized spacial score (nSPS) is 20.3. The smallest absolute Gasteiger partial charge is 0.381 e. The fraction of sp³-hybridized carbons (Fsp3) is 0.150. The molecule has 10 heteroatoms. The van der Waals surface area contributed by atoms with Crippen LogP contribution in [0.2, 0.25) is 0 Å². The number of halogens is 1. The maximum absolute atomic E-state index is 13.2. The standard InChI is InChI=1S/C20H13BrN4O5/c1-10-2-6-13(7-3-10)25-16(20(28)30-23-25)15-14-17(29-22-15)19(27)24(18(14)26)12-8-4-11(21)5-9-12/h2-9,14,17H,1H3/p+1. The number of aromatic nitrogens is 2. The van der Waals surface area contributed by atoms with Crippen LogP contribution in [0.25, 0.3) is 5.69 Å². The number of imide groups is 1. The summed E-state index contributed by atoms with van der Waals surface area (Å²) in [5, 5.41) is 6.43. The third-order valence-corrected chi connectivity index (χ3v) is 5.61. The Morgan fingerprint density at radius 2 is 1.73 bits per heavy atom. The second-order valence-corrected chi connectivity index (χ2v) is 7.88. The van der Waals surface area contributed by atoms with Gasteiger partial charge in [-0.15, -0.1) is 0 Å². The lowest BCUT2D eigenvalue weighted by molar-refractivity contribution is -0.671. The van der Waals surface area contributed by atoms with E-state index in [0.717, 1.165) is 14.9 Å². The number of H-pyrrole nitrogens is 1. The number of carbonyl (C=O) groups excluding carboxylic acids is 2. The molecule has 1 saturated heterocycles. The lowest BCUT2D eigenvalue weighted by Gasteiger charge is -2.14. The van der Waals surface area contributed by atoms with Crippen molar-refractivity contribution in [2.45, 2.75) is 13.0 Å². The lowest BCUT2D eigenvalue weighted by Crippen LogP contribution is -2.44. The minimum absolute atomic E-state index is 0.00478. The van der Waals surface area contributed by atoms with Crippen molar-refractivity contribution in [3.8, 4) is 5.69 Å². The summed E-state index contributed by atoms with van der Waals surface area (Å²) in [6.07, 6.45) is -1.13. The van der Waals surface area contributed by atoms with Crippen LogP contribution >= 0.6 is 15.9 Å². The predicted octanol–water partition coefficient (Wildman–Crippen LogP) is 1.61. The van der Waals surface area contributed by atoms with Crippen LogP contribution in [0.1, 0.15) is 11.3 Å². The quantitative estimate of drug-likeness (QED) is 0.462. The average Bonchev–Trinajstić information content (AvgIpc) is 3.39. The second-order valence-electron chi connectivity index (χ2n) is 6.97. The van der Waals surface area contributed by atoms with Gasteiger partial charge in [-0.05, 0) is 41.1 Å². The summed E-state index contributed by atoms with van der Waals surface area (Å²) < 4.78 is 7.15. The molecule has 2 atom stereocenters. The van der Waals surface area contributed by atoms with Gasteiger partial charge in [-0.3, -0.25) is 14.1 Å². The number of oxime groups is 1. The molecule has 3 heterocycles. The Morgan fingerprint density at radius 3 is 2.43 bits per heavy atom. The second kappa shape index (κ2) is 6.77. The van der Waals surface area contributed by atoms with Crippen LogP contribution in [-0.2, 0) is 14.4 Å². The highest BCUT2D eigenvalue weighted by Gasteiger charge is 2.59. The summed E-state index contributed by atoms with van der Waals surface area (Å²) in [6, 6.07) is 14.1. The molecule has 1 fully saturated rings. The minimum Gasteiger partial charge on any atom is -0.381 e. The summed E-state index contributed by atoms with van der Waals surface area (Å²) in [5.74, 6) is -2.09. The average molecular weight is 470 g/mol. The largest absolute Gasteiger partial charge is 0.437 e. The molecule has 2 amide bonds. The third kappa shape index (κ3) is 2.71. The first-order chi connectivity index (χ1) is 14.5. The van der Waals surface area contributed by atoms with Crippen molar-refractivity contribution in [1.82, 2.24) is 5.27 Å². The van der Waals surface area contributed by atoms with Gasteiger partial charge < -0.3 is 4.84 Å². The van der Waals surface area contributed by atoms with Crippen LogP contribution < -0.4 is 15.2 Å². The Balaban J connectivity index is 1.56. The van der Waals surface area contributed by atoms with E-state index in [-0.39, 0.29) is 11.4 Å². The van der Waals surface area contributed by atoms with Gasteiger partial charge in [-0.25, -0.2) is 9.69 Å². The molecule has 2 aromatic carbocycles. The molecule has 1 N–H and O–H groups in total. The van der Waals surface area contributed by atoms with E-state index in [1.165, 1.54) is 4.68 Å². The molecule has 150 valence electrons. The summed E-state index contributed by atoms with van der Waals surface area (Å²) in [7, 11) is 0. The van der Waals surface area contributed by atoms with Gasteiger partial charge in [0, 0.05) is 16.6 Å². The van der Waals surface area contributed by atoms with Gasteiger partial charge in [0.05, 0.1) is 5.69 Å². The topological polar surface area (TPSA) is 109 Å². The van der Waals surface area contributed by atoms with Crippen molar-refractivity contribution in [1.29, 1.82) is 0 Å². The Morgan fingerprint density at radius 1 is 1.03 bits per heavy atom. The van der Waals surface area contributed by atoms with Gasteiger partial charge in [-0.1, -0.05) is 38.8 Å². The molecule has 0 aliphatic carbocycles. The van der Waals surface area contributed by atoms with Crippen LogP contribution in [-0.4, -0.2) is 28.9 Å². The molecule has 1 aromatic heterocycles. The first-order valence-electron chi connectivity index (χ1n) is 9.04. The van der Waals surface area contributed by atoms with E-state index in [1.807, 2.05) is 19.1 Å². The van der Waals surface area contributed by atoms with E-state index in [1.54, 1.807) is 36.4 Å². The molecule has 2 aliphatic heterocycles. The zero-order valence-electron chi connectivity index (χ0n) is 15.5. The molecule has 0 bridgehead atoms. The van der Waals surface area contributed by atoms with Gasteiger partial charge in [0.1, 0.15) is 5.92 Å². The highest BCUT2D eigenvalue weighted by Crippen LogP contribution is 2.34. The van der Waals surface area contributed by atoms with Gasteiger partial charge in [0.25, 0.3) is 5.91 Å². The first kappa shape index (κ1) is 18.5. The van der Waals surface area contributed by atoms with E-state index < -0.39 is 29.5 Å². The summed E-state index contributed by atoms with van der Waals surface area (Å²) in [4.78, 5) is 44.8. The van der Waals surface area contributed by atoms with Gasteiger partial charge >= 0.3 is 11.3 Å². The van der Waals surface area contributed by atoms with Crippen molar-refractivity contribution < 1.29 is 23.6 Å². The molecular weight excluding hydrogens is 456 g/mol. The van der Waals surface area contributed by atoms with Crippen LogP contribution in [0, 0.1) is 12.8 Å². The lowest BCUT2D eigenvalue weighted by atomic mass is 9.97. The highest BCUT2D eigenvalue weighted by molar-refractivity contribution is 9.10. The molecular formula is C20H14BrN4O5+. The predicted molar refractivity (Wildman–Crippen MR) is 107 cm³/mol.